The van der Waals surface area contributed by atoms with Gasteiger partial charge >= 0.3 is 0 Å². The van der Waals surface area contributed by atoms with Crippen molar-refractivity contribution in [1.29, 1.82) is 0 Å². The highest BCUT2D eigenvalue weighted by Gasteiger charge is 2.20. The van der Waals surface area contributed by atoms with Gasteiger partial charge in [0.15, 0.2) is 0 Å². The number of carbonyl (C=O) groups is 1. The van der Waals surface area contributed by atoms with E-state index in [1.807, 2.05) is 17.5 Å². The molecular weight excluding hydrogens is 368 g/mol. The van der Waals surface area contributed by atoms with Crippen LogP contribution in [0.3, 0.4) is 0 Å². The number of carbonyl (C=O) groups excluding carboxylic acids is 1. The second-order valence-electron chi connectivity index (χ2n) is 5.33. The quantitative estimate of drug-likeness (QED) is 0.795. The molecule has 0 aliphatic carbocycles. The zero-order valence-corrected chi connectivity index (χ0v) is 15.8. The molecule has 0 bridgehead atoms. The molecule has 2 rings (SSSR count). The minimum atomic E-state index is -3.48. The third kappa shape index (κ3) is 4.96. The lowest BCUT2D eigenvalue weighted by atomic mass is 10.2. The zero-order chi connectivity index (χ0) is 17.7. The SMILES string of the molecule is Cc1c(Cl)cccc1N(CCNC(=O)Cc1cccs1)S(C)(=O)=O. The van der Waals surface area contributed by atoms with Gasteiger partial charge < -0.3 is 5.32 Å². The smallest absolute Gasteiger partial charge is 0.232 e. The van der Waals surface area contributed by atoms with E-state index < -0.39 is 10.0 Å². The van der Waals surface area contributed by atoms with Crippen molar-refractivity contribution in [3.05, 3.63) is 51.2 Å². The number of halogens is 1. The Morgan fingerprint density at radius 2 is 2.04 bits per heavy atom. The molecule has 130 valence electrons. The molecule has 2 aromatic rings. The van der Waals surface area contributed by atoms with Crippen LogP contribution in [0.25, 0.3) is 0 Å². The van der Waals surface area contributed by atoms with E-state index in [2.05, 4.69) is 5.32 Å². The Bertz CT molecular complexity index is 805. The number of amides is 1. The fraction of sp³-hybridized carbons (Fsp3) is 0.312. The van der Waals surface area contributed by atoms with Crippen LogP contribution in [0.4, 0.5) is 5.69 Å². The Labute approximate surface area is 151 Å². The fourth-order valence-corrected chi connectivity index (χ4v) is 4.11. The second kappa shape index (κ2) is 8.00. The van der Waals surface area contributed by atoms with E-state index in [9.17, 15) is 13.2 Å². The summed E-state index contributed by atoms with van der Waals surface area (Å²) in [4.78, 5) is 12.9. The van der Waals surface area contributed by atoms with Gasteiger partial charge in [0, 0.05) is 16.4 Å². The Morgan fingerprint density at radius 3 is 2.67 bits per heavy atom. The van der Waals surface area contributed by atoms with E-state index >= 15 is 0 Å². The molecule has 1 N–H and O–H groups in total. The Kier molecular flexibility index (Phi) is 6.26. The van der Waals surface area contributed by atoms with Gasteiger partial charge in [-0.25, -0.2) is 8.42 Å². The molecule has 8 heteroatoms. The first-order chi connectivity index (χ1) is 11.3. The summed E-state index contributed by atoms with van der Waals surface area (Å²) in [6.07, 6.45) is 1.44. The van der Waals surface area contributed by atoms with Crippen LogP contribution in [0, 0.1) is 6.92 Å². The average molecular weight is 387 g/mol. The number of anilines is 1. The van der Waals surface area contributed by atoms with Gasteiger partial charge in [0.25, 0.3) is 0 Å². The second-order valence-corrected chi connectivity index (χ2v) is 8.67. The number of hydrogen-bond acceptors (Lipinski definition) is 4. The molecule has 0 spiro atoms. The molecule has 0 aliphatic heterocycles. The van der Waals surface area contributed by atoms with E-state index in [0.717, 1.165) is 11.1 Å². The summed E-state index contributed by atoms with van der Waals surface area (Å²) in [7, 11) is -3.48. The molecule has 1 aromatic carbocycles. The van der Waals surface area contributed by atoms with Crippen molar-refractivity contribution in [2.24, 2.45) is 0 Å². The molecule has 0 unspecified atom stereocenters. The summed E-state index contributed by atoms with van der Waals surface area (Å²) in [6, 6.07) is 8.90. The Hall–Kier alpha value is -1.57. The van der Waals surface area contributed by atoms with Gasteiger partial charge in [-0.3, -0.25) is 9.10 Å². The molecule has 0 aliphatic rings. The maximum absolute atomic E-state index is 12.1. The van der Waals surface area contributed by atoms with Gasteiger partial charge in [-0.2, -0.15) is 0 Å². The number of thiophene rings is 1. The summed E-state index contributed by atoms with van der Waals surface area (Å²) in [5, 5.41) is 5.17. The van der Waals surface area contributed by atoms with Crippen LogP contribution in [0.5, 0.6) is 0 Å². The maximum Gasteiger partial charge on any atom is 0.232 e. The predicted molar refractivity (Wildman–Crippen MR) is 99.4 cm³/mol. The largest absolute Gasteiger partial charge is 0.354 e. The van der Waals surface area contributed by atoms with Crippen LogP contribution in [0.1, 0.15) is 10.4 Å². The van der Waals surface area contributed by atoms with E-state index in [1.54, 1.807) is 25.1 Å². The lowest BCUT2D eigenvalue weighted by molar-refractivity contribution is -0.120. The molecule has 24 heavy (non-hydrogen) atoms. The van der Waals surface area contributed by atoms with Crippen LogP contribution < -0.4 is 9.62 Å². The first-order valence-corrected chi connectivity index (χ1v) is 10.4. The van der Waals surface area contributed by atoms with Crippen LogP contribution in [0.15, 0.2) is 35.7 Å². The van der Waals surface area contributed by atoms with E-state index in [-0.39, 0.29) is 19.0 Å². The lowest BCUT2D eigenvalue weighted by Crippen LogP contribution is -2.38. The molecule has 1 amide bonds. The molecule has 0 atom stereocenters. The van der Waals surface area contributed by atoms with Gasteiger partial charge in [0.05, 0.1) is 24.9 Å². The number of hydrogen-bond donors (Lipinski definition) is 1. The third-order valence-electron chi connectivity index (χ3n) is 3.46. The topological polar surface area (TPSA) is 66.5 Å². The highest BCUT2D eigenvalue weighted by atomic mass is 35.5. The van der Waals surface area contributed by atoms with Gasteiger partial charge in [0.2, 0.25) is 15.9 Å². The normalized spacial score (nSPS) is 11.3. The lowest BCUT2D eigenvalue weighted by Gasteiger charge is -2.24. The van der Waals surface area contributed by atoms with E-state index in [1.165, 1.54) is 15.6 Å². The van der Waals surface area contributed by atoms with Crippen LogP contribution in [-0.4, -0.2) is 33.7 Å². The number of nitrogens with one attached hydrogen (secondary N) is 1. The van der Waals surface area contributed by atoms with E-state index in [4.69, 9.17) is 11.6 Å². The highest BCUT2D eigenvalue weighted by Crippen LogP contribution is 2.27. The Morgan fingerprint density at radius 1 is 1.29 bits per heavy atom. The molecular formula is C16H19ClN2O3S2. The molecule has 5 nitrogen and oxygen atoms in total. The molecule has 1 aromatic heterocycles. The predicted octanol–water partition coefficient (Wildman–Crippen LogP) is 2.83. The zero-order valence-electron chi connectivity index (χ0n) is 13.5. The first-order valence-electron chi connectivity index (χ1n) is 7.31. The first kappa shape index (κ1) is 18.8. The third-order valence-corrected chi connectivity index (χ3v) is 5.93. The van der Waals surface area contributed by atoms with Crippen molar-refractivity contribution >= 4 is 44.6 Å². The minimum Gasteiger partial charge on any atom is -0.354 e. The molecule has 0 saturated carbocycles. The monoisotopic (exact) mass is 386 g/mol. The highest BCUT2D eigenvalue weighted by molar-refractivity contribution is 7.92. The van der Waals surface area contributed by atoms with Crippen molar-refractivity contribution in [3.8, 4) is 0 Å². The van der Waals surface area contributed by atoms with Crippen LogP contribution in [-0.2, 0) is 21.2 Å². The maximum atomic E-state index is 12.1. The average Bonchev–Trinajstić information content (AvgIpc) is 2.99. The number of benzene rings is 1. The summed E-state index contributed by atoms with van der Waals surface area (Å²) >= 11 is 7.60. The number of sulfonamides is 1. The Balaban J connectivity index is 2.03. The van der Waals surface area contributed by atoms with Crippen LogP contribution in [0.2, 0.25) is 5.02 Å². The van der Waals surface area contributed by atoms with E-state index in [0.29, 0.717) is 22.7 Å². The van der Waals surface area contributed by atoms with Crippen molar-refractivity contribution in [3.63, 3.8) is 0 Å². The summed E-state index contributed by atoms with van der Waals surface area (Å²) < 4.78 is 25.5. The molecule has 1 heterocycles. The van der Waals surface area contributed by atoms with Crippen molar-refractivity contribution in [1.82, 2.24) is 5.32 Å². The summed E-state index contributed by atoms with van der Waals surface area (Å²) in [5.74, 6) is -0.131. The summed E-state index contributed by atoms with van der Waals surface area (Å²) in [5.41, 5.74) is 1.21. The van der Waals surface area contributed by atoms with Gasteiger partial charge in [-0.05, 0) is 36.1 Å². The standard InChI is InChI=1S/C16H19ClN2O3S2/c1-12-14(17)6-3-7-15(12)19(24(2,21)22)9-8-18-16(20)11-13-5-4-10-23-13/h3-7,10H,8-9,11H2,1-2H3,(H,18,20). The fourth-order valence-electron chi connectivity index (χ4n) is 2.26. The summed E-state index contributed by atoms with van der Waals surface area (Å²) in [6.45, 7) is 2.14. The van der Waals surface area contributed by atoms with Crippen molar-refractivity contribution in [2.45, 2.75) is 13.3 Å². The van der Waals surface area contributed by atoms with Gasteiger partial charge in [0.1, 0.15) is 0 Å². The molecule has 0 radical (unpaired) electrons. The molecule has 0 saturated heterocycles. The van der Waals surface area contributed by atoms with Gasteiger partial charge in [-0.1, -0.05) is 23.7 Å². The van der Waals surface area contributed by atoms with Crippen molar-refractivity contribution < 1.29 is 13.2 Å². The van der Waals surface area contributed by atoms with Gasteiger partial charge in [-0.15, -0.1) is 11.3 Å². The molecule has 0 fully saturated rings. The van der Waals surface area contributed by atoms with Crippen LogP contribution >= 0.6 is 22.9 Å². The van der Waals surface area contributed by atoms with Crippen molar-refractivity contribution in [2.75, 3.05) is 23.7 Å². The minimum absolute atomic E-state index is 0.131. The number of nitrogens with zero attached hydrogens (tertiary/aromatic N) is 1. The number of rotatable bonds is 7.